The predicted molar refractivity (Wildman–Crippen MR) is 74.4 cm³/mol. The summed E-state index contributed by atoms with van der Waals surface area (Å²) >= 11 is 0. The Morgan fingerprint density at radius 2 is 2.11 bits per heavy atom. The minimum absolute atomic E-state index is 0.947. The lowest BCUT2D eigenvalue weighted by atomic mass is 9.83. The van der Waals surface area contributed by atoms with Crippen LogP contribution in [0, 0.1) is 17.8 Å². The number of hydrogen-bond acceptors (Lipinski definition) is 1. The first-order valence-corrected chi connectivity index (χ1v) is 7.22. The van der Waals surface area contributed by atoms with E-state index in [-0.39, 0.29) is 0 Å². The lowest BCUT2D eigenvalue weighted by molar-refractivity contribution is 0.332. The second kappa shape index (κ2) is 4.08. The Hall–Kier alpha value is -1.37. The molecule has 1 heterocycles. The lowest BCUT2D eigenvalue weighted by Crippen LogP contribution is -2.13. The molecule has 1 aromatic carbocycles. The fourth-order valence-corrected chi connectivity index (χ4v) is 4.28. The summed E-state index contributed by atoms with van der Waals surface area (Å²) in [6.07, 6.45) is 11.2. The molecule has 0 radical (unpaired) electrons. The third-order valence-electron chi connectivity index (χ3n) is 5.14. The third-order valence-corrected chi connectivity index (χ3v) is 5.14. The molecule has 2 bridgehead atoms. The van der Waals surface area contributed by atoms with Crippen LogP contribution in [0.2, 0.25) is 0 Å². The van der Waals surface area contributed by atoms with Crippen molar-refractivity contribution in [2.45, 2.75) is 32.1 Å². The Balaban J connectivity index is 1.67. The maximum Gasteiger partial charge on any atom is 0.0346 e. The average molecular weight is 237 g/mol. The van der Waals surface area contributed by atoms with E-state index in [4.69, 9.17) is 0 Å². The fraction of sp³-hybridized carbons (Fsp3) is 0.471. The van der Waals surface area contributed by atoms with Crippen LogP contribution in [0.4, 0.5) is 0 Å². The molecule has 2 saturated carbocycles. The highest BCUT2D eigenvalue weighted by molar-refractivity contribution is 5.84. The van der Waals surface area contributed by atoms with Gasteiger partial charge in [0.15, 0.2) is 0 Å². The first-order chi connectivity index (χ1) is 8.90. The predicted octanol–water partition coefficient (Wildman–Crippen LogP) is 4.21. The van der Waals surface area contributed by atoms with E-state index < -0.39 is 0 Å². The molecular formula is C17H19N. The van der Waals surface area contributed by atoms with Gasteiger partial charge in [0, 0.05) is 17.8 Å². The number of fused-ring (bicyclic) bond motifs is 3. The van der Waals surface area contributed by atoms with E-state index >= 15 is 0 Å². The third kappa shape index (κ3) is 1.65. The average Bonchev–Trinajstić information content (AvgIpc) is 3.01. The molecule has 0 aliphatic heterocycles. The smallest absolute Gasteiger partial charge is 0.0346 e. The first kappa shape index (κ1) is 10.5. The van der Waals surface area contributed by atoms with Gasteiger partial charge in [-0.05, 0) is 60.5 Å². The number of pyridine rings is 1. The molecule has 2 aliphatic rings. The van der Waals surface area contributed by atoms with Crippen molar-refractivity contribution in [2.24, 2.45) is 17.8 Å². The van der Waals surface area contributed by atoms with Crippen LogP contribution in [0.15, 0.2) is 36.7 Å². The van der Waals surface area contributed by atoms with Crippen LogP contribution in [0.25, 0.3) is 10.8 Å². The normalized spacial score (nSPS) is 30.1. The van der Waals surface area contributed by atoms with Crippen molar-refractivity contribution >= 4 is 10.8 Å². The van der Waals surface area contributed by atoms with Crippen LogP contribution in [-0.4, -0.2) is 4.98 Å². The molecule has 2 aromatic rings. The molecule has 92 valence electrons. The second-order valence-corrected chi connectivity index (χ2v) is 6.15. The van der Waals surface area contributed by atoms with Crippen molar-refractivity contribution in [3.8, 4) is 0 Å². The monoisotopic (exact) mass is 237 g/mol. The Morgan fingerprint density at radius 3 is 2.94 bits per heavy atom. The van der Waals surface area contributed by atoms with Crippen LogP contribution in [-0.2, 0) is 6.42 Å². The van der Waals surface area contributed by atoms with E-state index in [0.29, 0.717) is 0 Å². The molecule has 2 aliphatic carbocycles. The summed E-state index contributed by atoms with van der Waals surface area (Å²) in [4.78, 5) is 4.22. The van der Waals surface area contributed by atoms with Crippen LogP contribution in [0.5, 0.6) is 0 Å². The van der Waals surface area contributed by atoms with Gasteiger partial charge in [0.25, 0.3) is 0 Å². The van der Waals surface area contributed by atoms with Crippen molar-refractivity contribution in [3.63, 3.8) is 0 Å². The van der Waals surface area contributed by atoms with Crippen molar-refractivity contribution in [1.82, 2.24) is 4.98 Å². The zero-order valence-electron chi connectivity index (χ0n) is 10.7. The van der Waals surface area contributed by atoms with Crippen molar-refractivity contribution in [1.29, 1.82) is 0 Å². The summed E-state index contributed by atoms with van der Waals surface area (Å²) in [5.74, 6) is 3.02. The highest BCUT2D eigenvalue weighted by Gasteiger charge is 2.39. The fourth-order valence-electron chi connectivity index (χ4n) is 4.28. The van der Waals surface area contributed by atoms with E-state index in [0.717, 1.165) is 17.8 Å². The molecule has 3 unspecified atom stereocenters. The van der Waals surface area contributed by atoms with E-state index in [1.165, 1.54) is 48.4 Å². The molecule has 1 aromatic heterocycles. The number of aromatic nitrogens is 1. The summed E-state index contributed by atoms with van der Waals surface area (Å²) in [5.41, 5.74) is 1.53. The Bertz CT molecular complexity index is 569. The molecule has 18 heavy (non-hydrogen) atoms. The minimum Gasteiger partial charge on any atom is -0.264 e. The van der Waals surface area contributed by atoms with Gasteiger partial charge in [-0.3, -0.25) is 4.98 Å². The molecule has 2 fully saturated rings. The molecule has 0 amide bonds. The van der Waals surface area contributed by atoms with Gasteiger partial charge in [0.2, 0.25) is 0 Å². The lowest BCUT2D eigenvalue weighted by Gasteiger charge is -2.22. The van der Waals surface area contributed by atoms with Gasteiger partial charge in [-0.2, -0.15) is 0 Å². The Labute approximate surface area is 108 Å². The topological polar surface area (TPSA) is 12.9 Å². The summed E-state index contributed by atoms with van der Waals surface area (Å²) in [6.45, 7) is 0. The summed E-state index contributed by atoms with van der Waals surface area (Å²) in [6, 6.07) is 8.85. The summed E-state index contributed by atoms with van der Waals surface area (Å²) in [5, 5.41) is 2.70. The Kier molecular flexibility index (Phi) is 2.39. The summed E-state index contributed by atoms with van der Waals surface area (Å²) < 4.78 is 0. The van der Waals surface area contributed by atoms with Crippen LogP contribution in [0.1, 0.15) is 31.2 Å². The maximum atomic E-state index is 4.22. The Morgan fingerprint density at radius 1 is 1.11 bits per heavy atom. The quantitative estimate of drug-likeness (QED) is 0.762. The number of hydrogen-bond donors (Lipinski definition) is 0. The highest BCUT2D eigenvalue weighted by atomic mass is 14.6. The molecule has 0 N–H and O–H groups in total. The summed E-state index contributed by atoms with van der Waals surface area (Å²) in [7, 11) is 0. The molecular weight excluding hydrogens is 218 g/mol. The standard InChI is InChI=1S/C17H19N/c1-2-14(17-6-7-18-11-15(17)3-1)10-16-9-12-4-5-13(16)8-12/h1-3,6-7,11-13,16H,4-5,8-10H2. The molecule has 1 heteroatoms. The van der Waals surface area contributed by atoms with Gasteiger partial charge in [-0.1, -0.05) is 24.6 Å². The van der Waals surface area contributed by atoms with Crippen molar-refractivity contribution in [3.05, 3.63) is 42.2 Å². The van der Waals surface area contributed by atoms with Gasteiger partial charge in [0.1, 0.15) is 0 Å². The zero-order valence-corrected chi connectivity index (χ0v) is 10.7. The van der Waals surface area contributed by atoms with Crippen LogP contribution in [0.3, 0.4) is 0 Å². The van der Waals surface area contributed by atoms with E-state index in [9.17, 15) is 0 Å². The van der Waals surface area contributed by atoms with Gasteiger partial charge >= 0.3 is 0 Å². The van der Waals surface area contributed by atoms with E-state index in [1.807, 2.05) is 12.4 Å². The molecule has 1 nitrogen and oxygen atoms in total. The van der Waals surface area contributed by atoms with Gasteiger partial charge in [-0.15, -0.1) is 0 Å². The maximum absolute atomic E-state index is 4.22. The van der Waals surface area contributed by atoms with Gasteiger partial charge in [0.05, 0.1) is 0 Å². The van der Waals surface area contributed by atoms with Crippen molar-refractivity contribution in [2.75, 3.05) is 0 Å². The van der Waals surface area contributed by atoms with Gasteiger partial charge < -0.3 is 0 Å². The molecule has 0 saturated heterocycles. The zero-order chi connectivity index (χ0) is 11.9. The molecule has 3 atom stereocenters. The molecule has 0 spiro atoms. The largest absolute Gasteiger partial charge is 0.264 e. The van der Waals surface area contributed by atoms with E-state index in [2.05, 4.69) is 29.2 Å². The SMILES string of the molecule is c1cc(CC2CC3CCC2C3)c2ccncc2c1. The second-order valence-electron chi connectivity index (χ2n) is 6.15. The number of benzene rings is 1. The number of rotatable bonds is 2. The number of nitrogens with zero attached hydrogens (tertiary/aromatic N) is 1. The van der Waals surface area contributed by atoms with Crippen molar-refractivity contribution < 1.29 is 0 Å². The van der Waals surface area contributed by atoms with Crippen LogP contribution < -0.4 is 0 Å². The minimum atomic E-state index is 0.947. The van der Waals surface area contributed by atoms with E-state index in [1.54, 1.807) is 0 Å². The van der Waals surface area contributed by atoms with Crippen LogP contribution >= 0.6 is 0 Å². The first-order valence-electron chi connectivity index (χ1n) is 7.22. The molecule has 4 rings (SSSR count). The highest BCUT2D eigenvalue weighted by Crippen LogP contribution is 2.49. The van der Waals surface area contributed by atoms with Gasteiger partial charge in [-0.25, -0.2) is 0 Å².